The fraction of sp³-hybridized carbons (Fsp3) is 0.364. The van der Waals surface area contributed by atoms with Gasteiger partial charge in [0.2, 0.25) is 0 Å². The lowest BCUT2D eigenvalue weighted by Crippen LogP contribution is -2.21. The predicted molar refractivity (Wildman–Crippen MR) is 57.0 cm³/mol. The summed E-state index contributed by atoms with van der Waals surface area (Å²) in [6.45, 7) is 0.217. The summed E-state index contributed by atoms with van der Waals surface area (Å²) in [7, 11) is 0. The van der Waals surface area contributed by atoms with E-state index in [4.69, 9.17) is 4.74 Å². The molecule has 1 fully saturated rings. The number of carbonyl (C=O) groups excluding carboxylic acids is 1. The van der Waals surface area contributed by atoms with Gasteiger partial charge < -0.3 is 4.74 Å². The Morgan fingerprint density at radius 1 is 1.38 bits per heavy atom. The lowest BCUT2D eigenvalue weighted by molar-refractivity contribution is -0.128. The zero-order chi connectivity index (χ0) is 11.7. The standard InChI is InChI=1S/C11H9BrF2O2/c12-7-1-2-8(13)10(11(7)14)9-5-6(15)3-4-16-9/h1-2,9H,3-5H2. The molecule has 0 N–H and O–H groups in total. The van der Waals surface area contributed by atoms with E-state index in [2.05, 4.69) is 15.9 Å². The van der Waals surface area contributed by atoms with Gasteiger partial charge in [0, 0.05) is 12.8 Å². The Morgan fingerprint density at radius 2 is 2.12 bits per heavy atom. The highest BCUT2D eigenvalue weighted by molar-refractivity contribution is 9.10. The van der Waals surface area contributed by atoms with Crippen molar-refractivity contribution in [2.45, 2.75) is 18.9 Å². The molecule has 1 atom stereocenters. The Bertz CT molecular complexity index is 434. The first-order valence-corrected chi connectivity index (χ1v) is 5.65. The number of benzene rings is 1. The largest absolute Gasteiger partial charge is 0.372 e. The summed E-state index contributed by atoms with van der Waals surface area (Å²) in [5.41, 5.74) is -0.164. The minimum atomic E-state index is -0.807. The van der Waals surface area contributed by atoms with E-state index < -0.39 is 17.7 Å². The van der Waals surface area contributed by atoms with Gasteiger partial charge in [-0.15, -0.1) is 0 Å². The second-order valence-corrected chi connectivity index (χ2v) is 4.46. The van der Waals surface area contributed by atoms with Gasteiger partial charge in [-0.2, -0.15) is 0 Å². The number of halogens is 3. The number of carbonyl (C=O) groups is 1. The van der Waals surface area contributed by atoms with Crippen LogP contribution in [0.5, 0.6) is 0 Å². The van der Waals surface area contributed by atoms with Crippen LogP contribution in [0.3, 0.4) is 0 Å². The van der Waals surface area contributed by atoms with Gasteiger partial charge in [-0.05, 0) is 28.1 Å². The molecule has 0 aromatic heterocycles. The highest BCUT2D eigenvalue weighted by Crippen LogP contribution is 2.33. The molecule has 1 saturated heterocycles. The van der Waals surface area contributed by atoms with Crippen molar-refractivity contribution in [3.05, 3.63) is 33.8 Å². The topological polar surface area (TPSA) is 26.3 Å². The van der Waals surface area contributed by atoms with E-state index in [1.54, 1.807) is 0 Å². The maximum Gasteiger partial charge on any atom is 0.146 e. The molecule has 0 saturated carbocycles. The van der Waals surface area contributed by atoms with Crippen molar-refractivity contribution in [2.24, 2.45) is 0 Å². The third-order valence-electron chi connectivity index (χ3n) is 2.51. The van der Waals surface area contributed by atoms with E-state index in [1.165, 1.54) is 6.07 Å². The van der Waals surface area contributed by atoms with Gasteiger partial charge in [0.1, 0.15) is 17.4 Å². The van der Waals surface area contributed by atoms with Crippen LogP contribution in [0.25, 0.3) is 0 Å². The molecule has 1 aromatic rings. The minimum absolute atomic E-state index is 0.0320. The van der Waals surface area contributed by atoms with Gasteiger partial charge in [0.15, 0.2) is 0 Å². The van der Waals surface area contributed by atoms with Crippen molar-refractivity contribution in [3.63, 3.8) is 0 Å². The van der Waals surface area contributed by atoms with Crippen LogP contribution in [0.1, 0.15) is 24.5 Å². The molecule has 0 aliphatic carbocycles. The molecule has 1 aliphatic rings. The highest BCUT2D eigenvalue weighted by Gasteiger charge is 2.27. The van der Waals surface area contributed by atoms with Gasteiger partial charge >= 0.3 is 0 Å². The zero-order valence-corrected chi connectivity index (χ0v) is 9.89. The predicted octanol–water partition coefficient (Wildman–Crippen LogP) is 3.15. The van der Waals surface area contributed by atoms with Crippen LogP contribution < -0.4 is 0 Å². The summed E-state index contributed by atoms with van der Waals surface area (Å²) in [6.07, 6.45) is -0.461. The molecule has 0 radical (unpaired) electrons. The number of hydrogen-bond acceptors (Lipinski definition) is 2. The molecule has 0 bridgehead atoms. The molecule has 1 aromatic carbocycles. The first kappa shape index (κ1) is 11.7. The first-order valence-electron chi connectivity index (χ1n) is 4.86. The van der Waals surface area contributed by atoms with Crippen molar-refractivity contribution in [3.8, 4) is 0 Å². The molecule has 1 unspecified atom stereocenters. The van der Waals surface area contributed by atoms with Crippen LogP contribution >= 0.6 is 15.9 Å². The fourth-order valence-corrected chi connectivity index (χ4v) is 2.05. The molecule has 16 heavy (non-hydrogen) atoms. The normalized spacial score (nSPS) is 21.2. The van der Waals surface area contributed by atoms with Gasteiger partial charge in [-0.3, -0.25) is 4.79 Å². The Balaban J connectivity index is 2.39. The molecule has 1 aliphatic heterocycles. The second-order valence-electron chi connectivity index (χ2n) is 3.61. The molecular weight excluding hydrogens is 282 g/mol. The van der Waals surface area contributed by atoms with Gasteiger partial charge in [0.05, 0.1) is 22.7 Å². The number of Topliss-reactive ketones (excluding diaryl/α,β-unsaturated/α-hetero) is 1. The Hall–Kier alpha value is -0.810. The van der Waals surface area contributed by atoms with Crippen LogP contribution in [-0.2, 0) is 9.53 Å². The summed E-state index contributed by atoms with van der Waals surface area (Å²) in [5.74, 6) is -1.41. The zero-order valence-electron chi connectivity index (χ0n) is 8.30. The maximum atomic E-state index is 13.7. The maximum absolute atomic E-state index is 13.7. The third kappa shape index (κ3) is 2.15. The van der Waals surface area contributed by atoms with Crippen molar-refractivity contribution < 1.29 is 18.3 Å². The Kier molecular flexibility index (Phi) is 3.35. The van der Waals surface area contributed by atoms with Crippen molar-refractivity contribution >= 4 is 21.7 Å². The summed E-state index contributed by atoms with van der Waals surface area (Å²) in [6, 6.07) is 2.45. The first-order chi connectivity index (χ1) is 7.59. The molecule has 86 valence electrons. The summed E-state index contributed by atoms with van der Waals surface area (Å²) in [5, 5.41) is 0. The molecule has 2 nitrogen and oxygen atoms in total. The van der Waals surface area contributed by atoms with Crippen molar-refractivity contribution in [2.75, 3.05) is 6.61 Å². The van der Waals surface area contributed by atoms with Crippen LogP contribution in [0.2, 0.25) is 0 Å². The fourth-order valence-electron chi connectivity index (χ4n) is 1.71. The van der Waals surface area contributed by atoms with E-state index in [9.17, 15) is 13.6 Å². The second kappa shape index (κ2) is 4.59. The van der Waals surface area contributed by atoms with E-state index in [0.29, 0.717) is 6.42 Å². The molecule has 2 rings (SSSR count). The van der Waals surface area contributed by atoms with E-state index in [-0.39, 0.29) is 28.8 Å². The van der Waals surface area contributed by atoms with Gasteiger partial charge in [0.25, 0.3) is 0 Å². The Morgan fingerprint density at radius 3 is 2.81 bits per heavy atom. The summed E-state index contributed by atoms with van der Waals surface area (Å²) in [4.78, 5) is 11.2. The molecular formula is C11H9BrF2O2. The molecule has 0 amide bonds. The molecule has 5 heteroatoms. The quantitative estimate of drug-likeness (QED) is 0.743. The van der Waals surface area contributed by atoms with E-state index in [1.807, 2.05) is 0 Å². The number of ether oxygens (including phenoxy) is 1. The van der Waals surface area contributed by atoms with Crippen molar-refractivity contribution in [1.29, 1.82) is 0 Å². The number of ketones is 1. The van der Waals surface area contributed by atoms with Crippen LogP contribution in [0.4, 0.5) is 8.78 Å². The Labute approximate surface area is 99.7 Å². The van der Waals surface area contributed by atoms with Crippen LogP contribution in [-0.4, -0.2) is 12.4 Å². The smallest absolute Gasteiger partial charge is 0.146 e. The lowest BCUT2D eigenvalue weighted by atomic mass is 9.99. The van der Waals surface area contributed by atoms with Crippen LogP contribution in [0.15, 0.2) is 16.6 Å². The molecule has 0 spiro atoms. The number of rotatable bonds is 1. The molecule has 1 heterocycles. The minimum Gasteiger partial charge on any atom is -0.372 e. The summed E-state index contributed by atoms with van der Waals surface area (Å²) >= 11 is 2.98. The average Bonchev–Trinajstić information content (AvgIpc) is 2.24. The lowest BCUT2D eigenvalue weighted by Gasteiger charge is -2.23. The van der Waals surface area contributed by atoms with Gasteiger partial charge in [-0.25, -0.2) is 8.78 Å². The van der Waals surface area contributed by atoms with Crippen LogP contribution in [0, 0.1) is 11.6 Å². The van der Waals surface area contributed by atoms with Gasteiger partial charge in [-0.1, -0.05) is 0 Å². The number of hydrogen-bond donors (Lipinski definition) is 0. The average molecular weight is 291 g/mol. The third-order valence-corrected chi connectivity index (χ3v) is 3.13. The van der Waals surface area contributed by atoms with E-state index >= 15 is 0 Å². The SMILES string of the molecule is O=C1CCOC(c2c(F)ccc(Br)c2F)C1. The van der Waals surface area contributed by atoms with E-state index in [0.717, 1.165) is 6.07 Å². The highest BCUT2D eigenvalue weighted by atomic mass is 79.9. The van der Waals surface area contributed by atoms with Crippen molar-refractivity contribution in [1.82, 2.24) is 0 Å². The monoisotopic (exact) mass is 290 g/mol. The summed E-state index contributed by atoms with van der Waals surface area (Å²) < 4.78 is 32.6.